The van der Waals surface area contributed by atoms with Gasteiger partial charge in [-0.2, -0.15) is 0 Å². The Hall–Kier alpha value is -0.240. The molecule has 0 N–H and O–H groups in total. The summed E-state index contributed by atoms with van der Waals surface area (Å²) in [4.78, 5) is 14.3. The molecule has 2 nitrogen and oxygen atoms in total. The van der Waals surface area contributed by atoms with Crippen LogP contribution in [-0.2, 0) is 4.79 Å². The number of likely N-dealkylation sites (tertiary alicyclic amines) is 1. The fourth-order valence-electron chi connectivity index (χ4n) is 2.17. The SMILES string of the molecule is CC(CC(=O)N1CCCCC1CCl)C(C)(C)C. The molecule has 0 radical (unpaired) electrons. The first-order chi connectivity index (χ1) is 7.86. The van der Waals surface area contributed by atoms with Crippen molar-refractivity contribution in [3.63, 3.8) is 0 Å². The van der Waals surface area contributed by atoms with E-state index in [0.717, 1.165) is 19.4 Å². The first-order valence-electron chi connectivity index (χ1n) is 6.71. The average molecular weight is 260 g/mol. The van der Waals surface area contributed by atoms with Gasteiger partial charge in [0.1, 0.15) is 0 Å². The van der Waals surface area contributed by atoms with Crippen molar-refractivity contribution in [3.05, 3.63) is 0 Å². The Morgan fingerprint density at radius 2 is 2.06 bits per heavy atom. The molecular formula is C14H26ClNO. The molecule has 1 amide bonds. The predicted octanol–water partition coefficient (Wildman–Crippen LogP) is 3.68. The van der Waals surface area contributed by atoms with Crippen molar-refractivity contribution >= 4 is 17.5 Å². The molecule has 0 aromatic carbocycles. The van der Waals surface area contributed by atoms with Crippen LogP contribution in [0.3, 0.4) is 0 Å². The molecule has 17 heavy (non-hydrogen) atoms. The number of hydrogen-bond acceptors (Lipinski definition) is 1. The van der Waals surface area contributed by atoms with E-state index in [0.29, 0.717) is 18.2 Å². The van der Waals surface area contributed by atoms with Gasteiger partial charge in [0.15, 0.2) is 0 Å². The summed E-state index contributed by atoms with van der Waals surface area (Å²) in [6, 6.07) is 0.269. The van der Waals surface area contributed by atoms with Crippen LogP contribution >= 0.6 is 11.6 Å². The van der Waals surface area contributed by atoms with E-state index in [2.05, 4.69) is 27.7 Å². The summed E-state index contributed by atoms with van der Waals surface area (Å²) in [5.74, 6) is 1.28. The predicted molar refractivity (Wildman–Crippen MR) is 73.3 cm³/mol. The second-order valence-corrected chi connectivity index (χ2v) is 6.67. The van der Waals surface area contributed by atoms with Crippen molar-refractivity contribution in [1.82, 2.24) is 4.90 Å². The summed E-state index contributed by atoms with van der Waals surface area (Å²) in [6.07, 6.45) is 4.05. The third-order valence-corrected chi connectivity index (χ3v) is 4.44. The van der Waals surface area contributed by atoms with Gasteiger partial charge in [-0.15, -0.1) is 11.6 Å². The van der Waals surface area contributed by atoms with Gasteiger partial charge in [-0.25, -0.2) is 0 Å². The Morgan fingerprint density at radius 1 is 1.41 bits per heavy atom. The highest BCUT2D eigenvalue weighted by atomic mass is 35.5. The number of nitrogens with zero attached hydrogens (tertiary/aromatic N) is 1. The first kappa shape index (κ1) is 14.8. The second-order valence-electron chi connectivity index (χ2n) is 6.36. The molecule has 1 saturated heterocycles. The van der Waals surface area contributed by atoms with Crippen LogP contribution in [0.5, 0.6) is 0 Å². The Morgan fingerprint density at radius 3 is 2.59 bits per heavy atom. The molecular weight excluding hydrogens is 234 g/mol. The quantitative estimate of drug-likeness (QED) is 0.708. The first-order valence-corrected chi connectivity index (χ1v) is 7.25. The van der Waals surface area contributed by atoms with Gasteiger partial charge < -0.3 is 4.90 Å². The van der Waals surface area contributed by atoms with Crippen molar-refractivity contribution in [2.75, 3.05) is 12.4 Å². The summed E-state index contributed by atoms with van der Waals surface area (Å²) in [5.41, 5.74) is 0.196. The number of carbonyl (C=O) groups is 1. The molecule has 2 atom stereocenters. The molecule has 1 fully saturated rings. The molecule has 0 bridgehead atoms. The maximum absolute atomic E-state index is 12.3. The fourth-order valence-corrected chi connectivity index (χ4v) is 2.50. The lowest BCUT2D eigenvalue weighted by atomic mass is 9.80. The summed E-state index contributed by atoms with van der Waals surface area (Å²) in [5, 5.41) is 0. The molecule has 1 aliphatic heterocycles. The van der Waals surface area contributed by atoms with Crippen LogP contribution in [0.2, 0.25) is 0 Å². The van der Waals surface area contributed by atoms with Gasteiger partial charge in [0.2, 0.25) is 5.91 Å². The molecule has 100 valence electrons. The monoisotopic (exact) mass is 259 g/mol. The summed E-state index contributed by atoms with van der Waals surface area (Å²) < 4.78 is 0. The minimum atomic E-state index is 0.196. The van der Waals surface area contributed by atoms with Crippen molar-refractivity contribution in [2.24, 2.45) is 11.3 Å². The zero-order valence-corrected chi connectivity index (χ0v) is 12.4. The van der Waals surface area contributed by atoms with E-state index in [9.17, 15) is 4.79 Å². The van der Waals surface area contributed by atoms with E-state index in [1.165, 1.54) is 6.42 Å². The second kappa shape index (κ2) is 6.08. The Kier molecular flexibility index (Phi) is 5.30. The van der Waals surface area contributed by atoms with Crippen LogP contribution < -0.4 is 0 Å². The molecule has 0 aromatic rings. The minimum absolute atomic E-state index is 0.196. The largest absolute Gasteiger partial charge is 0.339 e. The lowest BCUT2D eigenvalue weighted by Crippen LogP contribution is -2.45. The van der Waals surface area contributed by atoms with Gasteiger partial charge in [-0.1, -0.05) is 27.7 Å². The third-order valence-electron chi connectivity index (χ3n) is 4.08. The number of piperidine rings is 1. The Bertz CT molecular complexity index is 259. The topological polar surface area (TPSA) is 20.3 Å². The van der Waals surface area contributed by atoms with Crippen LogP contribution in [0.1, 0.15) is 53.4 Å². The van der Waals surface area contributed by atoms with E-state index in [-0.39, 0.29) is 17.4 Å². The Labute approximate surface area is 111 Å². The van der Waals surface area contributed by atoms with E-state index in [1.807, 2.05) is 4.90 Å². The van der Waals surface area contributed by atoms with Gasteiger partial charge in [0, 0.05) is 24.9 Å². The maximum Gasteiger partial charge on any atom is 0.223 e. The summed E-state index contributed by atoms with van der Waals surface area (Å²) in [7, 11) is 0. The number of rotatable bonds is 3. The molecule has 0 aromatic heterocycles. The maximum atomic E-state index is 12.3. The molecule has 0 saturated carbocycles. The zero-order valence-electron chi connectivity index (χ0n) is 11.6. The van der Waals surface area contributed by atoms with Crippen LogP contribution in [0.15, 0.2) is 0 Å². The van der Waals surface area contributed by atoms with Crippen LogP contribution in [-0.4, -0.2) is 29.3 Å². The number of halogens is 1. The molecule has 2 unspecified atom stereocenters. The highest BCUT2D eigenvalue weighted by molar-refractivity contribution is 6.18. The van der Waals surface area contributed by atoms with Crippen molar-refractivity contribution in [3.8, 4) is 0 Å². The highest BCUT2D eigenvalue weighted by Crippen LogP contribution is 2.29. The third kappa shape index (κ3) is 4.17. The van der Waals surface area contributed by atoms with Crippen molar-refractivity contribution in [1.29, 1.82) is 0 Å². The standard InChI is InChI=1S/C14H26ClNO/c1-11(14(2,3)4)9-13(17)16-8-6-5-7-12(16)10-15/h11-12H,5-10H2,1-4H3. The number of amides is 1. The van der Waals surface area contributed by atoms with Crippen LogP contribution in [0.4, 0.5) is 0 Å². The molecule has 1 heterocycles. The van der Waals surface area contributed by atoms with E-state index in [1.54, 1.807) is 0 Å². The van der Waals surface area contributed by atoms with Gasteiger partial charge in [-0.3, -0.25) is 4.79 Å². The summed E-state index contributed by atoms with van der Waals surface area (Å²) >= 11 is 5.95. The summed E-state index contributed by atoms with van der Waals surface area (Å²) in [6.45, 7) is 9.64. The minimum Gasteiger partial charge on any atom is -0.339 e. The van der Waals surface area contributed by atoms with E-state index < -0.39 is 0 Å². The van der Waals surface area contributed by atoms with Gasteiger partial charge >= 0.3 is 0 Å². The zero-order chi connectivity index (χ0) is 13.1. The van der Waals surface area contributed by atoms with Crippen molar-refractivity contribution in [2.45, 2.75) is 59.4 Å². The van der Waals surface area contributed by atoms with Crippen LogP contribution in [0, 0.1) is 11.3 Å². The lowest BCUT2D eigenvalue weighted by Gasteiger charge is -2.36. The number of carbonyl (C=O) groups excluding carboxylic acids is 1. The number of hydrogen-bond donors (Lipinski definition) is 0. The molecule has 1 aliphatic rings. The van der Waals surface area contributed by atoms with E-state index >= 15 is 0 Å². The van der Waals surface area contributed by atoms with Gasteiger partial charge in [-0.05, 0) is 30.6 Å². The number of alkyl halides is 1. The lowest BCUT2D eigenvalue weighted by molar-refractivity contribution is -0.136. The van der Waals surface area contributed by atoms with Gasteiger partial charge in [0.05, 0.1) is 0 Å². The normalized spacial score (nSPS) is 23.6. The highest BCUT2D eigenvalue weighted by Gasteiger charge is 2.29. The van der Waals surface area contributed by atoms with Crippen LogP contribution in [0.25, 0.3) is 0 Å². The van der Waals surface area contributed by atoms with Gasteiger partial charge in [0.25, 0.3) is 0 Å². The van der Waals surface area contributed by atoms with Crippen molar-refractivity contribution < 1.29 is 4.79 Å². The average Bonchev–Trinajstić information content (AvgIpc) is 2.27. The molecule has 0 aliphatic carbocycles. The smallest absolute Gasteiger partial charge is 0.223 e. The van der Waals surface area contributed by atoms with E-state index in [4.69, 9.17) is 11.6 Å². The fraction of sp³-hybridized carbons (Fsp3) is 0.929. The molecule has 3 heteroatoms. The Balaban J connectivity index is 2.56. The molecule has 1 rings (SSSR count). The molecule has 0 spiro atoms.